The number of methoxy groups -OCH3 is 1. The van der Waals surface area contributed by atoms with Crippen molar-refractivity contribution in [1.29, 1.82) is 0 Å². The topological polar surface area (TPSA) is 41.5 Å². The molecular formula is C16H18FNO2. The van der Waals surface area contributed by atoms with Crippen molar-refractivity contribution in [2.24, 2.45) is 0 Å². The number of rotatable bonds is 4. The van der Waals surface area contributed by atoms with Crippen LogP contribution in [0.25, 0.3) is 0 Å². The highest BCUT2D eigenvalue weighted by Crippen LogP contribution is 2.30. The van der Waals surface area contributed by atoms with E-state index in [2.05, 4.69) is 5.32 Å². The molecule has 0 atom stereocenters. The van der Waals surface area contributed by atoms with Gasteiger partial charge in [0.15, 0.2) is 11.6 Å². The fourth-order valence-corrected chi connectivity index (χ4v) is 2.23. The summed E-state index contributed by atoms with van der Waals surface area (Å²) in [6, 6.07) is 8.41. The monoisotopic (exact) mass is 275 g/mol. The van der Waals surface area contributed by atoms with Crippen LogP contribution in [0.4, 0.5) is 10.1 Å². The van der Waals surface area contributed by atoms with Crippen LogP contribution in [0.3, 0.4) is 0 Å². The first kappa shape index (κ1) is 14.2. The van der Waals surface area contributed by atoms with Crippen LogP contribution in [0.15, 0.2) is 30.3 Å². The molecule has 0 amide bonds. The van der Waals surface area contributed by atoms with Gasteiger partial charge >= 0.3 is 0 Å². The van der Waals surface area contributed by atoms with Gasteiger partial charge < -0.3 is 15.2 Å². The number of phenols is 1. The Bertz CT molecular complexity index is 626. The van der Waals surface area contributed by atoms with E-state index in [0.29, 0.717) is 12.1 Å². The molecule has 0 aliphatic carbocycles. The number of benzene rings is 2. The van der Waals surface area contributed by atoms with E-state index in [4.69, 9.17) is 4.74 Å². The molecule has 0 aliphatic rings. The van der Waals surface area contributed by atoms with Crippen molar-refractivity contribution in [3.8, 4) is 11.5 Å². The lowest BCUT2D eigenvalue weighted by Crippen LogP contribution is -2.03. The SMILES string of the molecule is COc1c(C)ccc(NCc2cccc(F)c2O)c1C. The maximum absolute atomic E-state index is 13.3. The number of aryl methyl sites for hydroxylation is 1. The second-order valence-electron chi connectivity index (χ2n) is 4.69. The van der Waals surface area contributed by atoms with Crippen LogP contribution in [0.2, 0.25) is 0 Å². The summed E-state index contributed by atoms with van der Waals surface area (Å²) in [5, 5.41) is 12.8. The van der Waals surface area contributed by atoms with Crippen molar-refractivity contribution >= 4 is 5.69 Å². The molecule has 0 radical (unpaired) electrons. The van der Waals surface area contributed by atoms with E-state index in [9.17, 15) is 9.50 Å². The van der Waals surface area contributed by atoms with Gasteiger partial charge in [-0.2, -0.15) is 0 Å². The molecule has 0 saturated carbocycles. The molecule has 3 nitrogen and oxygen atoms in total. The van der Waals surface area contributed by atoms with Crippen molar-refractivity contribution in [1.82, 2.24) is 0 Å². The second kappa shape index (κ2) is 5.82. The first-order valence-corrected chi connectivity index (χ1v) is 6.39. The highest BCUT2D eigenvalue weighted by molar-refractivity contribution is 5.60. The summed E-state index contributed by atoms with van der Waals surface area (Å²) in [7, 11) is 1.64. The Morgan fingerprint density at radius 1 is 1.20 bits per heavy atom. The van der Waals surface area contributed by atoms with E-state index in [1.165, 1.54) is 6.07 Å². The number of hydrogen-bond donors (Lipinski definition) is 2. The number of halogens is 1. The molecule has 0 aliphatic heterocycles. The average molecular weight is 275 g/mol. The molecular weight excluding hydrogens is 257 g/mol. The minimum atomic E-state index is -0.609. The maximum atomic E-state index is 13.3. The van der Waals surface area contributed by atoms with Crippen LogP contribution in [-0.4, -0.2) is 12.2 Å². The lowest BCUT2D eigenvalue weighted by Gasteiger charge is -2.15. The van der Waals surface area contributed by atoms with E-state index < -0.39 is 5.82 Å². The van der Waals surface area contributed by atoms with E-state index in [-0.39, 0.29) is 5.75 Å². The molecule has 0 bridgehead atoms. The van der Waals surface area contributed by atoms with Gasteiger partial charge in [-0.05, 0) is 31.5 Å². The molecule has 4 heteroatoms. The molecule has 0 fully saturated rings. The van der Waals surface area contributed by atoms with Crippen molar-refractivity contribution in [2.45, 2.75) is 20.4 Å². The minimum Gasteiger partial charge on any atom is -0.505 e. The van der Waals surface area contributed by atoms with Gasteiger partial charge in [0.2, 0.25) is 0 Å². The Labute approximate surface area is 118 Å². The largest absolute Gasteiger partial charge is 0.505 e. The van der Waals surface area contributed by atoms with Crippen molar-refractivity contribution < 1.29 is 14.2 Å². The first-order valence-electron chi connectivity index (χ1n) is 6.39. The van der Waals surface area contributed by atoms with Gasteiger partial charge in [0.25, 0.3) is 0 Å². The smallest absolute Gasteiger partial charge is 0.165 e. The summed E-state index contributed by atoms with van der Waals surface area (Å²) in [6.07, 6.45) is 0. The van der Waals surface area contributed by atoms with Crippen molar-refractivity contribution in [3.05, 3.63) is 52.8 Å². The van der Waals surface area contributed by atoms with Crippen molar-refractivity contribution in [2.75, 3.05) is 12.4 Å². The normalized spacial score (nSPS) is 10.4. The van der Waals surface area contributed by atoms with Crippen LogP contribution >= 0.6 is 0 Å². The fourth-order valence-electron chi connectivity index (χ4n) is 2.23. The highest BCUT2D eigenvalue weighted by atomic mass is 19.1. The summed E-state index contributed by atoms with van der Waals surface area (Å²) >= 11 is 0. The molecule has 2 N–H and O–H groups in total. The number of ether oxygens (including phenoxy) is 1. The highest BCUT2D eigenvalue weighted by Gasteiger charge is 2.10. The summed E-state index contributed by atoms with van der Waals surface area (Å²) < 4.78 is 18.6. The summed E-state index contributed by atoms with van der Waals surface area (Å²) in [6.45, 7) is 4.28. The van der Waals surface area contributed by atoms with E-state index in [0.717, 1.165) is 22.6 Å². The van der Waals surface area contributed by atoms with Crippen LogP contribution in [0, 0.1) is 19.7 Å². The molecule has 106 valence electrons. The zero-order valence-electron chi connectivity index (χ0n) is 11.8. The molecule has 0 heterocycles. The van der Waals surface area contributed by atoms with Crippen LogP contribution in [-0.2, 0) is 6.54 Å². The number of aromatic hydroxyl groups is 1. The average Bonchev–Trinajstić information content (AvgIpc) is 2.43. The van der Waals surface area contributed by atoms with Crippen LogP contribution in [0.5, 0.6) is 11.5 Å². The number of nitrogens with one attached hydrogen (secondary N) is 1. The quantitative estimate of drug-likeness (QED) is 0.892. The molecule has 2 aromatic rings. The van der Waals surface area contributed by atoms with Gasteiger partial charge in [0.05, 0.1) is 7.11 Å². The predicted molar refractivity (Wildman–Crippen MR) is 77.9 cm³/mol. The molecule has 0 unspecified atom stereocenters. The predicted octanol–water partition coefficient (Wildman–Crippen LogP) is 3.77. The third-order valence-electron chi connectivity index (χ3n) is 3.35. The maximum Gasteiger partial charge on any atom is 0.165 e. The third kappa shape index (κ3) is 2.69. The zero-order valence-corrected chi connectivity index (χ0v) is 11.8. The van der Waals surface area contributed by atoms with Gasteiger partial charge in [-0.1, -0.05) is 18.2 Å². The van der Waals surface area contributed by atoms with Gasteiger partial charge in [-0.15, -0.1) is 0 Å². The van der Waals surface area contributed by atoms with Crippen LogP contribution < -0.4 is 10.1 Å². The van der Waals surface area contributed by atoms with Gasteiger partial charge in [-0.25, -0.2) is 4.39 Å². The Kier molecular flexibility index (Phi) is 4.13. The molecule has 0 aromatic heterocycles. The molecule has 2 aromatic carbocycles. The molecule has 0 saturated heterocycles. The number of phenolic OH excluding ortho intramolecular Hbond substituents is 1. The van der Waals surface area contributed by atoms with E-state index in [1.54, 1.807) is 19.2 Å². The van der Waals surface area contributed by atoms with Crippen LogP contribution in [0.1, 0.15) is 16.7 Å². The number of anilines is 1. The van der Waals surface area contributed by atoms with E-state index in [1.807, 2.05) is 26.0 Å². The lowest BCUT2D eigenvalue weighted by molar-refractivity contribution is 0.409. The Balaban J connectivity index is 2.21. The summed E-state index contributed by atoms with van der Waals surface area (Å²) in [5.41, 5.74) is 3.47. The number of hydrogen-bond acceptors (Lipinski definition) is 3. The summed E-state index contributed by atoms with van der Waals surface area (Å²) in [5.74, 6) is -0.0855. The molecule has 20 heavy (non-hydrogen) atoms. The molecule has 0 spiro atoms. The van der Waals surface area contributed by atoms with Gasteiger partial charge in [0.1, 0.15) is 5.75 Å². The standard InChI is InChI=1S/C16H18FNO2/c1-10-7-8-14(11(2)16(10)20-3)18-9-12-5-4-6-13(17)15(12)19/h4-8,18-19H,9H2,1-3H3. The van der Waals surface area contributed by atoms with Gasteiger partial charge in [-0.3, -0.25) is 0 Å². The Morgan fingerprint density at radius 3 is 2.65 bits per heavy atom. The summed E-state index contributed by atoms with van der Waals surface area (Å²) in [4.78, 5) is 0. The molecule has 2 rings (SSSR count). The fraction of sp³-hybridized carbons (Fsp3) is 0.250. The lowest BCUT2D eigenvalue weighted by atomic mass is 10.1. The van der Waals surface area contributed by atoms with Crippen molar-refractivity contribution in [3.63, 3.8) is 0 Å². The third-order valence-corrected chi connectivity index (χ3v) is 3.35. The van der Waals surface area contributed by atoms with E-state index >= 15 is 0 Å². The first-order chi connectivity index (χ1) is 9.54. The van der Waals surface area contributed by atoms with Gasteiger partial charge in [0, 0.05) is 23.4 Å². The zero-order chi connectivity index (χ0) is 14.7. The Morgan fingerprint density at radius 2 is 1.95 bits per heavy atom. The number of para-hydroxylation sites is 1. The second-order valence-corrected chi connectivity index (χ2v) is 4.69. The minimum absolute atomic E-state index is 0.309. The Hall–Kier alpha value is -2.23.